The first-order chi connectivity index (χ1) is 15.9. The molecular formula is C23H23N5O5. The molecule has 0 aliphatic heterocycles. The molecule has 3 heterocycles. The van der Waals surface area contributed by atoms with Gasteiger partial charge in [0, 0.05) is 24.0 Å². The smallest absolute Gasteiger partial charge is 0.413 e. The highest BCUT2D eigenvalue weighted by Gasteiger charge is 2.22. The number of fused-ring (bicyclic) bond motifs is 1. The lowest BCUT2D eigenvalue weighted by Gasteiger charge is -2.20. The van der Waals surface area contributed by atoms with E-state index in [-0.39, 0.29) is 24.1 Å². The lowest BCUT2D eigenvalue weighted by Crippen LogP contribution is -2.30. The molecule has 170 valence electrons. The number of carboxylic acid groups (broad SMARTS) is 1. The molecule has 0 saturated carbocycles. The zero-order valence-corrected chi connectivity index (χ0v) is 18.3. The number of amides is 1. The Morgan fingerprint density at radius 3 is 2.70 bits per heavy atom. The number of aromatic amines is 1. The summed E-state index contributed by atoms with van der Waals surface area (Å²) >= 11 is 0. The minimum atomic E-state index is -1.19. The molecule has 1 atom stereocenters. The number of hydrogen-bond donors (Lipinski definition) is 2. The Bertz CT molecular complexity index is 1350. The highest BCUT2D eigenvalue weighted by molar-refractivity contribution is 5.86. The van der Waals surface area contributed by atoms with E-state index in [1.165, 1.54) is 11.7 Å². The Morgan fingerprint density at radius 1 is 1.21 bits per heavy atom. The number of benzene rings is 1. The van der Waals surface area contributed by atoms with Gasteiger partial charge in [0.1, 0.15) is 17.3 Å². The SMILES string of the molecule is COc1ccc(CN(C(=O)O)c2ccc3[nH]c(=O)n(C(C)c4cccnc4)c3n2)c(OC)c1. The number of anilines is 1. The van der Waals surface area contributed by atoms with E-state index in [1.807, 2.05) is 13.0 Å². The van der Waals surface area contributed by atoms with Gasteiger partial charge in [0.05, 0.1) is 32.3 Å². The van der Waals surface area contributed by atoms with E-state index in [0.717, 1.165) is 10.5 Å². The van der Waals surface area contributed by atoms with Gasteiger partial charge >= 0.3 is 11.8 Å². The highest BCUT2D eigenvalue weighted by atomic mass is 16.5. The first-order valence-corrected chi connectivity index (χ1v) is 10.2. The van der Waals surface area contributed by atoms with E-state index in [9.17, 15) is 14.7 Å². The molecule has 4 aromatic rings. The topological polar surface area (TPSA) is 123 Å². The third kappa shape index (κ3) is 4.22. The van der Waals surface area contributed by atoms with Crippen molar-refractivity contribution in [2.24, 2.45) is 0 Å². The van der Waals surface area contributed by atoms with Crippen molar-refractivity contribution in [2.45, 2.75) is 19.5 Å². The predicted molar refractivity (Wildman–Crippen MR) is 122 cm³/mol. The van der Waals surface area contributed by atoms with Gasteiger partial charge < -0.3 is 19.6 Å². The van der Waals surface area contributed by atoms with Crippen molar-refractivity contribution in [3.63, 3.8) is 0 Å². The summed E-state index contributed by atoms with van der Waals surface area (Å²) in [4.78, 5) is 37.4. The van der Waals surface area contributed by atoms with Crippen LogP contribution in [-0.4, -0.2) is 44.9 Å². The summed E-state index contributed by atoms with van der Waals surface area (Å²) in [6.07, 6.45) is 2.15. The molecule has 1 amide bonds. The van der Waals surface area contributed by atoms with E-state index in [2.05, 4.69) is 15.0 Å². The molecule has 1 aromatic carbocycles. The fraction of sp³-hybridized carbons (Fsp3) is 0.217. The average Bonchev–Trinajstić information content (AvgIpc) is 3.17. The van der Waals surface area contributed by atoms with Crippen LogP contribution < -0.4 is 20.1 Å². The van der Waals surface area contributed by atoms with Crippen molar-refractivity contribution in [3.05, 3.63) is 76.5 Å². The Balaban J connectivity index is 1.76. The van der Waals surface area contributed by atoms with Crippen LogP contribution in [0.1, 0.15) is 24.1 Å². The van der Waals surface area contributed by atoms with E-state index in [1.54, 1.807) is 55.9 Å². The van der Waals surface area contributed by atoms with E-state index in [0.29, 0.717) is 28.2 Å². The predicted octanol–water partition coefficient (Wildman–Crippen LogP) is 3.43. The number of carbonyl (C=O) groups is 1. The van der Waals surface area contributed by atoms with E-state index in [4.69, 9.17) is 9.47 Å². The van der Waals surface area contributed by atoms with Crippen LogP contribution in [0, 0.1) is 0 Å². The third-order valence-corrected chi connectivity index (χ3v) is 5.43. The summed E-state index contributed by atoms with van der Waals surface area (Å²) in [6, 6.07) is 11.7. The van der Waals surface area contributed by atoms with Crippen molar-refractivity contribution < 1.29 is 19.4 Å². The highest BCUT2D eigenvalue weighted by Crippen LogP contribution is 2.28. The molecule has 10 heteroatoms. The minimum absolute atomic E-state index is 0.00613. The summed E-state index contributed by atoms with van der Waals surface area (Å²) in [5, 5.41) is 9.92. The number of pyridine rings is 2. The molecule has 10 nitrogen and oxygen atoms in total. The van der Waals surface area contributed by atoms with Crippen LogP contribution in [0.25, 0.3) is 11.2 Å². The van der Waals surface area contributed by atoms with Gasteiger partial charge in [-0.2, -0.15) is 0 Å². The molecular weight excluding hydrogens is 426 g/mol. The maximum Gasteiger partial charge on any atom is 0.413 e. The minimum Gasteiger partial charge on any atom is -0.497 e. The zero-order valence-electron chi connectivity index (χ0n) is 18.3. The maximum absolute atomic E-state index is 12.7. The van der Waals surface area contributed by atoms with Crippen LogP contribution in [0.5, 0.6) is 11.5 Å². The van der Waals surface area contributed by atoms with Crippen molar-refractivity contribution in [1.29, 1.82) is 0 Å². The van der Waals surface area contributed by atoms with Gasteiger partial charge in [0.2, 0.25) is 0 Å². The number of methoxy groups -OCH3 is 2. The Morgan fingerprint density at radius 2 is 2.03 bits per heavy atom. The molecule has 0 radical (unpaired) electrons. The average molecular weight is 449 g/mol. The number of nitrogens with zero attached hydrogens (tertiary/aromatic N) is 4. The third-order valence-electron chi connectivity index (χ3n) is 5.43. The van der Waals surface area contributed by atoms with Gasteiger partial charge in [-0.3, -0.25) is 14.5 Å². The Hall–Kier alpha value is -4.34. The van der Waals surface area contributed by atoms with E-state index >= 15 is 0 Å². The second-order valence-electron chi connectivity index (χ2n) is 7.35. The molecule has 4 rings (SSSR count). The second kappa shape index (κ2) is 9.03. The molecule has 0 aliphatic rings. The lowest BCUT2D eigenvalue weighted by molar-refractivity contribution is 0.201. The number of H-pyrrole nitrogens is 1. The summed E-state index contributed by atoms with van der Waals surface area (Å²) in [7, 11) is 3.05. The molecule has 33 heavy (non-hydrogen) atoms. The van der Waals surface area contributed by atoms with Crippen LogP contribution in [0.3, 0.4) is 0 Å². The van der Waals surface area contributed by atoms with Crippen molar-refractivity contribution in [3.8, 4) is 11.5 Å². The maximum atomic E-state index is 12.7. The van der Waals surface area contributed by atoms with Crippen LogP contribution in [0.4, 0.5) is 10.6 Å². The monoisotopic (exact) mass is 449 g/mol. The number of nitrogens with one attached hydrogen (secondary N) is 1. The molecule has 0 bridgehead atoms. The summed E-state index contributed by atoms with van der Waals surface area (Å²) in [5.74, 6) is 1.27. The van der Waals surface area contributed by atoms with Gasteiger partial charge in [-0.05, 0) is 42.8 Å². The molecule has 0 fully saturated rings. The molecule has 0 saturated heterocycles. The fourth-order valence-electron chi connectivity index (χ4n) is 3.67. The normalized spacial score (nSPS) is 11.8. The Kier molecular flexibility index (Phi) is 5.99. The van der Waals surface area contributed by atoms with Crippen molar-refractivity contribution >= 4 is 23.1 Å². The van der Waals surface area contributed by atoms with Crippen molar-refractivity contribution in [2.75, 3.05) is 19.1 Å². The number of aromatic nitrogens is 4. The molecule has 0 aliphatic carbocycles. The fourth-order valence-corrected chi connectivity index (χ4v) is 3.67. The van der Waals surface area contributed by atoms with Gasteiger partial charge in [-0.15, -0.1) is 0 Å². The molecule has 1 unspecified atom stereocenters. The summed E-state index contributed by atoms with van der Waals surface area (Å²) < 4.78 is 12.1. The van der Waals surface area contributed by atoms with Gasteiger partial charge in [0.15, 0.2) is 5.65 Å². The number of hydrogen-bond acceptors (Lipinski definition) is 6. The number of ether oxygens (including phenoxy) is 2. The molecule has 3 aromatic heterocycles. The largest absolute Gasteiger partial charge is 0.497 e. The van der Waals surface area contributed by atoms with Crippen LogP contribution in [0.2, 0.25) is 0 Å². The molecule has 0 spiro atoms. The lowest BCUT2D eigenvalue weighted by atomic mass is 10.1. The first kappa shape index (κ1) is 21.9. The standard InChI is InChI=1S/C23H23N5O5/c1-14(15-5-4-10-24-12-15)28-21-18(25-22(28)29)8-9-20(26-21)27(23(30)31)13-16-6-7-17(32-2)11-19(16)33-3/h4-12,14H,13H2,1-3H3,(H,25,29)(H,30,31). The molecule has 2 N–H and O–H groups in total. The number of imidazole rings is 1. The zero-order chi connectivity index (χ0) is 23.5. The van der Waals surface area contributed by atoms with Crippen LogP contribution in [-0.2, 0) is 6.54 Å². The van der Waals surface area contributed by atoms with E-state index < -0.39 is 6.09 Å². The quantitative estimate of drug-likeness (QED) is 0.443. The van der Waals surface area contributed by atoms with Gasteiger partial charge in [-0.25, -0.2) is 14.6 Å². The summed E-state index contributed by atoms with van der Waals surface area (Å²) in [5.41, 5.74) is 1.97. The number of rotatable bonds is 7. The van der Waals surface area contributed by atoms with Crippen LogP contribution >= 0.6 is 0 Å². The van der Waals surface area contributed by atoms with Crippen molar-refractivity contribution in [1.82, 2.24) is 19.5 Å². The second-order valence-corrected chi connectivity index (χ2v) is 7.35. The summed E-state index contributed by atoms with van der Waals surface area (Å²) in [6.45, 7) is 1.85. The first-order valence-electron chi connectivity index (χ1n) is 10.2. The van der Waals surface area contributed by atoms with Gasteiger partial charge in [-0.1, -0.05) is 6.07 Å². The van der Waals surface area contributed by atoms with Crippen LogP contribution in [0.15, 0.2) is 59.7 Å². The van der Waals surface area contributed by atoms with Gasteiger partial charge in [0.25, 0.3) is 0 Å². The Labute approximate surface area is 189 Å².